The van der Waals surface area contributed by atoms with Crippen molar-refractivity contribution in [3.8, 4) is 5.75 Å². The fourth-order valence-electron chi connectivity index (χ4n) is 2.58. The zero-order valence-corrected chi connectivity index (χ0v) is 17.2. The van der Waals surface area contributed by atoms with E-state index in [1.807, 2.05) is 53.9 Å². The van der Waals surface area contributed by atoms with Gasteiger partial charge in [0.1, 0.15) is 17.2 Å². The maximum Gasteiger partial charge on any atom is 0.350 e. The minimum absolute atomic E-state index is 0.0830. The first kappa shape index (κ1) is 18.7. The van der Waals surface area contributed by atoms with Gasteiger partial charge in [0.25, 0.3) is 0 Å². The van der Waals surface area contributed by atoms with Crippen molar-refractivity contribution in [2.75, 3.05) is 12.4 Å². The molecule has 0 aliphatic rings. The first-order chi connectivity index (χ1) is 13.6. The number of carbonyl (C=O) groups excluding carboxylic acids is 1. The van der Waals surface area contributed by atoms with Crippen LogP contribution in [-0.2, 0) is 11.3 Å². The van der Waals surface area contributed by atoms with Crippen LogP contribution in [0.5, 0.6) is 5.75 Å². The molecule has 0 atom stereocenters. The van der Waals surface area contributed by atoms with Crippen LogP contribution >= 0.6 is 34.3 Å². The van der Waals surface area contributed by atoms with Crippen molar-refractivity contribution in [3.05, 3.63) is 69.5 Å². The molecule has 0 saturated heterocycles. The quantitative estimate of drug-likeness (QED) is 0.373. The molecule has 0 aliphatic carbocycles. The number of anilines is 2. The van der Waals surface area contributed by atoms with E-state index in [-0.39, 0.29) is 6.61 Å². The summed E-state index contributed by atoms with van der Waals surface area (Å²) in [6, 6.07) is 15.3. The molecule has 0 unspecified atom stereocenters. The molecule has 8 heteroatoms. The molecule has 0 saturated carbocycles. The van der Waals surface area contributed by atoms with E-state index in [1.54, 1.807) is 7.11 Å². The molecule has 1 N–H and O–H groups in total. The van der Waals surface area contributed by atoms with Gasteiger partial charge < -0.3 is 14.8 Å². The third-order valence-electron chi connectivity index (χ3n) is 3.95. The normalized spacial score (nSPS) is 10.8. The minimum atomic E-state index is -0.462. The number of ether oxygens (including phenoxy) is 2. The number of fused-ring (bicyclic) bond motifs is 1. The molecule has 4 aromatic rings. The first-order valence-electron chi connectivity index (χ1n) is 8.33. The number of halogens is 1. The Balaban J connectivity index is 1.43. The Morgan fingerprint density at radius 2 is 2.04 bits per heavy atom. The summed E-state index contributed by atoms with van der Waals surface area (Å²) >= 11 is 9.11. The fraction of sp³-hybridized carbons (Fsp3) is 0.100. The molecule has 142 valence electrons. The van der Waals surface area contributed by atoms with Crippen molar-refractivity contribution >= 4 is 61.1 Å². The maximum absolute atomic E-state index is 12.5. The highest BCUT2D eigenvalue weighted by atomic mass is 35.5. The number of thiophene rings is 1. The molecule has 0 amide bonds. The lowest BCUT2D eigenvalue weighted by Gasteiger charge is -2.02. The largest absolute Gasteiger partial charge is 0.497 e. The van der Waals surface area contributed by atoms with Gasteiger partial charge >= 0.3 is 5.97 Å². The highest BCUT2D eigenvalue weighted by Gasteiger charge is 2.19. The van der Waals surface area contributed by atoms with E-state index in [2.05, 4.69) is 10.3 Å². The Labute approximate surface area is 174 Å². The third kappa shape index (κ3) is 3.96. The van der Waals surface area contributed by atoms with Crippen LogP contribution in [0.15, 0.2) is 53.9 Å². The summed E-state index contributed by atoms with van der Waals surface area (Å²) in [5.74, 6) is 0.252. The summed E-state index contributed by atoms with van der Waals surface area (Å²) in [5, 5.41) is 7.02. The van der Waals surface area contributed by atoms with Gasteiger partial charge in [-0.25, -0.2) is 9.78 Å². The van der Waals surface area contributed by atoms with Crippen molar-refractivity contribution < 1.29 is 14.3 Å². The molecule has 28 heavy (non-hydrogen) atoms. The number of nitrogens with zero attached hydrogens (tertiary/aromatic N) is 1. The fourth-order valence-corrected chi connectivity index (χ4v) is 4.73. The average Bonchev–Trinajstić information content (AvgIpc) is 3.30. The van der Waals surface area contributed by atoms with E-state index in [4.69, 9.17) is 21.1 Å². The highest BCUT2D eigenvalue weighted by Crippen LogP contribution is 2.37. The van der Waals surface area contributed by atoms with Crippen LogP contribution in [0.2, 0.25) is 5.02 Å². The second-order valence-electron chi connectivity index (χ2n) is 5.82. The summed E-state index contributed by atoms with van der Waals surface area (Å²) in [5.41, 5.74) is 1.63. The van der Waals surface area contributed by atoms with Gasteiger partial charge in [0.05, 0.1) is 17.8 Å². The lowest BCUT2D eigenvalue weighted by atomic mass is 10.2. The second kappa shape index (κ2) is 8.18. The summed E-state index contributed by atoms with van der Waals surface area (Å²) in [6.45, 7) is 0.0830. The maximum atomic E-state index is 12.5. The Bertz CT molecular complexity index is 1130. The summed E-state index contributed by atoms with van der Waals surface area (Å²) in [6.07, 6.45) is 0. The molecule has 2 heterocycles. The van der Waals surface area contributed by atoms with Gasteiger partial charge in [-0.15, -0.1) is 22.7 Å². The third-order valence-corrected chi connectivity index (χ3v) is 6.39. The first-order valence-corrected chi connectivity index (χ1v) is 10.4. The Hall–Kier alpha value is -2.61. The standard InChI is InChI=1S/C20H15ClN2O3S2/c1-25-14-7-8-15-16(9-14)28-18(17(15)21)19(24)26-10-13-11-27-20(23-13)22-12-5-3-2-4-6-12/h2-9,11H,10H2,1H3,(H,22,23). The molecule has 2 aromatic heterocycles. The van der Waals surface area contributed by atoms with Crippen molar-refractivity contribution in [1.82, 2.24) is 4.98 Å². The number of esters is 1. The van der Waals surface area contributed by atoms with Crippen molar-refractivity contribution in [1.29, 1.82) is 0 Å². The number of hydrogen-bond donors (Lipinski definition) is 1. The molecule has 0 aliphatic heterocycles. The predicted molar refractivity (Wildman–Crippen MR) is 114 cm³/mol. The lowest BCUT2D eigenvalue weighted by molar-refractivity contribution is 0.0474. The van der Waals surface area contributed by atoms with Crippen LogP contribution in [0.1, 0.15) is 15.4 Å². The van der Waals surface area contributed by atoms with E-state index in [9.17, 15) is 4.79 Å². The minimum Gasteiger partial charge on any atom is -0.497 e. The van der Waals surface area contributed by atoms with Gasteiger partial charge in [-0.05, 0) is 30.3 Å². The number of benzene rings is 2. The molecule has 5 nitrogen and oxygen atoms in total. The summed E-state index contributed by atoms with van der Waals surface area (Å²) in [4.78, 5) is 17.3. The summed E-state index contributed by atoms with van der Waals surface area (Å²) < 4.78 is 11.5. The van der Waals surface area contributed by atoms with Crippen molar-refractivity contribution in [2.45, 2.75) is 6.61 Å². The number of methoxy groups -OCH3 is 1. The zero-order valence-electron chi connectivity index (χ0n) is 14.8. The van der Waals surface area contributed by atoms with Crippen LogP contribution in [0.25, 0.3) is 10.1 Å². The number of para-hydroxylation sites is 1. The number of rotatable bonds is 6. The van der Waals surface area contributed by atoms with Crippen LogP contribution in [-0.4, -0.2) is 18.1 Å². The number of aromatic nitrogens is 1. The molecular weight excluding hydrogens is 416 g/mol. The molecule has 4 rings (SSSR count). The number of nitrogens with one attached hydrogen (secondary N) is 1. The van der Waals surface area contributed by atoms with Gasteiger partial charge in [0, 0.05) is 21.2 Å². The monoisotopic (exact) mass is 430 g/mol. The SMILES string of the molecule is COc1ccc2c(Cl)c(C(=O)OCc3csc(Nc4ccccc4)n3)sc2c1. The predicted octanol–water partition coefficient (Wildman–Crippen LogP) is 6.12. The van der Waals surface area contributed by atoms with Crippen molar-refractivity contribution in [3.63, 3.8) is 0 Å². The molecule has 0 radical (unpaired) electrons. The van der Waals surface area contributed by atoms with Crippen LogP contribution in [0.4, 0.5) is 10.8 Å². The number of thiazole rings is 1. The average molecular weight is 431 g/mol. The van der Waals surface area contributed by atoms with E-state index < -0.39 is 5.97 Å². The number of hydrogen-bond acceptors (Lipinski definition) is 7. The van der Waals surface area contributed by atoms with Gasteiger partial charge in [0.2, 0.25) is 0 Å². The van der Waals surface area contributed by atoms with E-state index in [0.29, 0.717) is 21.3 Å². The van der Waals surface area contributed by atoms with Gasteiger partial charge in [-0.3, -0.25) is 0 Å². The molecule has 0 bridgehead atoms. The molecule has 0 fully saturated rings. The van der Waals surface area contributed by atoms with Crippen LogP contribution in [0.3, 0.4) is 0 Å². The Morgan fingerprint density at radius 1 is 1.21 bits per heavy atom. The molecule has 2 aromatic carbocycles. The van der Waals surface area contributed by atoms with Gasteiger partial charge in [-0.1, -0.05) is 29.8 Å². The topological polar surface area (TPSA) is 60.5 Å². The highest BCUT2D eigenvalue weighted by molar-refractivity contribution is 7.21. The van der Waals surface area contributed by atoms with E-state index in [0.717, 1.165) is 20.9 Å². The van der Waals surface area contributed by atoms with Crippen LogP contribution in [0, 0.1) is 0 Å². The number of carbonyl (C=O) groups is 1. The van der Waals surface area contributed by atoms with Crippen LogP contribution < -0.4 is 10.1 Å². The lowest BCUT2D eigenvalue weighted by Crippen LogP contribution is -2.04. The van der Waals surface area contributed by atoms with E-state index >= 15 is 0 Å². The second-order valence-corrected chi connectivity index (χ2v) is 8.11. The Kier molecular flexibility index (Phi) is 5.47. The molecule has 0 spiro atoms. The smallest absolute Gasteiger partial charge is 0.350 e. The zero-order chi connectivity index (χ0) is 19.5. The van der Waals surface area contributed by atoms with Gasteiger partial charge in [-0.2, -0.15) is 0 Å². The molecular formula is C20H15ClN2O3S2. The van der Waals surface area contributed by atoms with E-state index in [1.165, 1.54) is 22.7 Å². The van der Waals surface area contributed by atoms with Gasteiger partial charge in [0.15, 0.2) is 5.13 Å². The Morgan fingerprint density at radius 3 is 2.82 bits per heavy atom. The summed E-state index contributed by atoms with van der Waals surface area (Å²) in [7, 11) is 1.60. The van der Waals surface area contributed by atoms with Crippen molar-refractivity contribution in [2.24, 2.45) is 0 Å².